The average molecular weight is 345 g/mol. The maximum Gasteiger partial charge on any atom is 0.244 e. The summed E-state index contributed by atoms with van der Waals surface area (Å²) in [6.45, 7) is 6.67. The fourth-order valence-corrected chi connectivity index (χ4v) is 2.66. The molecule has 2 amide bonds. The summed E-state index contributed by atoms with van der Waals surface area (Å²) in [5.41, 5.74) is 1.97. The van der Waals surface area contributed by atoms with Crippen molar-refractivity contribution in [2.24, 2.45) is 0 Å². The number of allylic oxidation sites excluding steroid dienone is 1. The van der Waals surface area contributed by atoms with Gasteiger partial charge in [-0.05, 0) is 17.6 Å². The van der Waals surface area contributed by atoms with Gasteiger partial charge in [0, 0.05) is 32.3 Å². The lowest BCUT2D eigenvalue weighted by Crippen LogP contribution is -2.43. The number of ether oxygens (including phenoxy) is 1. The van der Waals surface area contributed by atoms with E-state index in [0.717, 1.165) is 50.4 Å². The summed E-state index contributed by atoms with van der Waals surface area (Å²) in [5, 5.41) is 5.47. The Balaban J connectivity index is 1.69. The number of hydrogen-bond donors (Lipinski definition) is 2. The lowest BCUT2D eigenvalue weighted by atomic mass is 10.0. The van der Waals surface area contributed by atoms with E-state index in [1.165, 1.54) is 0 Å². The Bertz CT molecular complexity index is 581. The number of benzene rings is 1. The fraction of sp³-hybridized carbons (Fsp3) is 0.474. The zero-order valence-corrected chi connectivity index (χ0v) is 14.8. The SMILES string of the molecule is CC/C(=C\C(=O)NCC(=O)NCCN1CCOCC1)c1ccccc1. The van der Waals surface area contributed by atoms with E-state index in [2.05, 4.69) is 15.5 Å². The number of carbonyl (C=O) groups is 2. The molecule has 1 aliphatic rings. The minimum Gasteiger partial charge on any atom is -0.379 e. The number of morpholine rings is 1. The Morgan fingerprint density at radius 1 is 1.16 bits per heavy atom. The maximum absolute atomic E-state index is 12.0. The summed E-state index contributed by atoms with van der Waals surface area (Å²) in [7, 11) is 0. The van der Waals surface area contributed by atoms with Gasteiger partial charge in [0.15, 0.2) is 0 Å². The third-order valence-electron chi connectivity index (χ3n) is 4.11. The van der Waals surface area contributed by atoms with Gasteiger partial charge in [-0.15, -0.1) is 0 Å². The molecular formula is C19H27N3O3. The van der Waals surface area contributed by atoms with Gasteiger partial charge in [0.05, 0.1) is 19.8 Å². The second-order valence-electron chi connectivity index (χ2n) is 5.91. The fourth-order valence-electron chi connectivity index (χ4n) is 2.66. The van der Waals surface area contributed by atoms with Crippen LogP contribution in [-0.2, 0) is 14.3 Å². The molecule has 1 saturated heterocycles. The number of nitrogens with zero attached hydrogens (tertiary/aromatic N) is 1. The highest BCUT2D eigenvalue weighted by Gasteiger charge is 2.10. The molecule has 1 aromatic rings. The van der Waals surface area contributed by atoms with Crippen molar-refractivity contribution in [1.82, 2.24) is 15.5 Å². The van der Waals surface area contributed by atoms with E-state index >= 15 is 0 Å². The Morgan fingerprint density at radius 3 is 2.56 bits per heavy atom. The first kappa shape index (κ1) is 19.1. The van der Waals surface area contributed by atoms with Crippen LogP contribution < -0.4 is 10.6 Å². The molecular weight excluding hydrogens is 318 g/mol. The molecule has 1 fully saturated rings. The van der Waals surface area contributed by atoms with E-state index in [4.69, 9.17) is 4.74 Å². The summed E-state index contributed by atoms with van der Waals surface area (Å²) in [4.78, 5) is 26.1. The van der Waals surface area contributed by atoms with Crippen LogP contribution in [0.1, 0.15) is 18.9 Å². The molecule has 1 aromatic carbocycles. The molecule has 0 aromatic heterocycles. The van der Waals surface area contributed by atoms with Crippen molar-refractivity contribution in [3.05, 3.63) is 42.0 Å². The van der Waals surface area contributed by atoms with Crippen molar-refractivity contribution in [2.45, 2.75) is 13.3 Å². The van der Waals surface area contributed by atoms with Gasteiger partial charge in [0.25, 0.3) is 0 Å². The van der Waals surface area contributed by atoms with Crippen molar-refractivity contribution in [3.8, 4) is 0 Å². The Labute approximate surface area is 149 Å². The van der Waals surface area contributed by atoms with Gasteiger partial charge in [0.2, 0.25) is 11.8 Å². The van der Waals surface area contributed by atoms with Crippen molar-refractivity contribution >= 4 is 17.4 Å². The zero-order chi connectivity index (χ0) is 17.9. The molecule has 0 saturated carbocycles. The summed E-state index contributed by atoms with van der Waals surface area (Å²) in [6, 6.07) is 9.78. The molecule has 25 heavy (non-hydrogen) atoms. The quantitative estimate of drug-likeness (QED) is 0.691. The van der Waals surface area contributed by atoms with Crippen LogP contribution in [0.4, 0.5) is 0 Å². The first-order chi connectivity index (χ1) is 12.2. The summed E-state index contributed by atoms with van der Waals surface area (Å²) in [5.74, 6) is -0.420. The molecule has 0 aliphatic carbocycles. The number of amides is 2. The Hall–Kier alpha value is -2.18. The third-order valence-corrected chi connectivity index (χ3v) is 4.11. The highest BCUT2D eigenvalue weighted by Crippen LogP contribution is 2.16. The number of hydrogen-bond acceptors (Lipinski definition) is 4. The standard InChI is InChI=1S/C19H27N3O3/c1-2-16(17-6-4-3-5-7-17)14-18(23)21-15-19(24)20-8-9-22-10-12-25-13-11-22/h3-7,14H,2,8-13,15H2,1H3,(H,20,24)(H,21,23)/b16-14+. The lowest BCUT2D eigenvalue weighted by molar-refractivity contribution is -0.124. The van der Waals surface area contributed by atoms with E-state index in [1.807, 2.05) is 37.3 Å². The molecule has 1 aliphatic heterocycles. The van der Waals surface area contributed by atoms with Crippen LogP contribution >= 0.6 is 0 Å². The molecule has 6 heteroatoms. The van der Waals surface area contributed by atoms with Gasteiger partial charge < -0.3 is 15.4 Å². The third kappa shape index (κ3) is 7.07. The van der Waals surface area contributed by atoms with Gasteiger partial charge in [-0.25, -0.2) is 0 Å². The van der Waals surface area contributed by atoms with Gasteiger partial charge in [-0.2, -0.15) is 0 Å². The molecule has 2 N–H and O–H groups in total. The molecule has 0 spiro atoms. The van der Waals surface area contributed by atoms with E-state index < -0.39 is 0 Å². The van der Waals surface area contributed by atoms with Gasteiger partial charge in [-0.3, -0.25) is 14.5 Å². The second-order valence-corrected chi connectivity index (χ2v) is 5.91. The number of carbonyl (C=O) groups excluding carboxylic acids is 2. The predicted octanol–water partition coefficient (Wildman–Crippen LogP) is 1.04. The minimum absolute atomic E-state index is 0.00969. The number of nitrogens with one attached hydrogen (secondary N) is 2. The lowest BCUT2D eigenvalue weighted by Gasteiger charge is -2.26. The van der Waals surface area contributed by atoms with E-state index in [-0.39, 0.29) is 18.4 Å². The highest BCUT2D eigenvalue weighted by atomic mass is 16.5. The van der Waals surface area contributed by atoms with E-state index in [1.54, 1.807) is 6.08 Å². The summed E-state index contributed by atoms with van der Waals surface area (Å²) < 4.78 is 5.28. The second kappa shape index (κ2) is 10.6. The predicted molar refractivity (Wildman–Crippen MR) is 98.0 cm³/mol. The van der Waals surface area contributed by atoms with E-state index in [9.17, 15) is 9.59 Å². The van der Waals surface area contributed by atoms with Crippen LogP contribution in [0, 0.1) is 0 Å². The smallest absolute Gasteiger partial charge is 0.244 e. The van der Waals surface area contributed by atoms with Crippen LogP contribution in [0.2, 0.25) is 0 Å². The van der Waals surface area contributed by atoms with E-state index in [0.29, 0.717) is 6.54 Å². The summed E-state index contributed by atoms with van der Waals surface area (Å²) in [6.07, 6.45) is 2.32. The van der Waals surface area contributed by atoms with Crippen molar-refractivity contribution in [2.75, 3.05) is 45.9 Å². The van der Waals surface area contributed by atoms with Crippen LogP contribution in [0.15, 0.2) is 36.4 Å². The van der Waals surface area contributed by atoms with Crippen molar-refractivity contribution in [3.63, 3.8) is 0 Å². The topological polar surface area (TPSA) is 70.7 Å². The maximum atomic E-state index is 12.0. The molecule has 0 bridgehead atoms. The normalized spacial score (nSPS) is 15.6. The first-order valence-electron chi connectivity index (χ1n) is 8.79. The van der Waals surface area contributed by atoms with Gasteiger partial charge >= 0.3 is 0 Å². The molecule has 0 radical (unpaired) electrons. The van der Waals surface area contributed by atoms with Crippen molar-refractivity contribution in [1.29, 1.82) is 0 Å². The molecule has 2 rings (SSSR count). The van der Waals surface area contributed by atoms with Gasteiger partial charge in [0.1, 0.15) is 0 Å². The zero-order valence-electron chi connectivity index (χ0n) is 14.8. The first-order valence-corrected chi connectivity index (χ1v) is 8.79. The largest absolute Gasteiger partial charge is 0.379 e. The molecule has 0 atom stereocenters. The van der Waals surface area contributed by atoms with Gasteiger partial charge in [-0.1, -0.05) is 37.3 Å². The van der Waals surface area contributed by atoms with Crippen molar-refractivity contribution < 1.29 is 14.3 Å². The highest BCUT2D eigenvalue weighted by molar-refractivity contribution is 5.97. The average Bonchev–Trinajstić information content (AvgIpc) is 2.66. The Kier molecular flexibility index (Phi) is 8.15. The molecule has 136 valence electrons. The minimum atomic E-state index is -0.246. The monoisotopic (exact) mass is 345 g/mol. The summed E-state index contributed by atoms with van der Waals surface area (Å²) >= 11 is 0. The molecule has 1 heterocycles. The number of rotatable bonds is 8. The van der Waals surface area contributed by atoms with Crippen LogP contribution in [0.3, 0.4) is 0 Å². The van der Waals surface area contributed by atoms with Crippen LogP contribution in [0.5, 0.6) is 0 Å². The molecule has 0 unspecified atom stereocenters. The van der Waals surface area contributed by atoms with Crippen LogP contribution in [0.25, 0.3) is 5.57 Å². The van der Waals surface area contributed by atoms with Crippen LogP contribution in [-0.4, -0.2) is 62.7 Å². The molecule has 6 nitrogen and oxygen atoms in total. The Morgan fingerprint density at radius 2 is 1.88 bits per heavy atom.